The number of amides is 1. The molecule has 0 spiro atoms. The van der Waals surface area contributed by atoms with Crippen LogP contribution in [0.15, 0.2) is 12.1 Å². The molecule has 0 saturated heterocycles. The van der Waals surface area contributed by atoms with Gasteiger partial charge in [0.05, 0.1) is 12.6 Å². The van der Waals surface area contributed by atoms with E-state index in [1.807, 2.05) is 13.0 Å². The summed E-state index contributed by atoms with van der Waals surface area (Å²) in [6, 6.07) is 2.65. The number of hydrogen-bond donors (Lipinski definition) is 3. The van der Waals surface area contributed by atoms with Crippen molar-refractivity contribution in [2.75, 3.05) is 7.11 Å². The van der Waals surface area contributed by atoms with Crippen molar-refractivity contribution in [3.63, 3.8) is 0 Å². The maximum atomic E-state index is 11.6. The van der Waals surface area contributed by atoms with Gasteiger partial charge >= 0.3 is 12.1 Å². The van der Waals surface area contributed by atoms with Crippen molar-refractivity contribution in [1.82, 2.24) is 20.7 Å². The van der Waals surface area contributed by atoms with Crippen LogP contribution < -0.4 is 5.32 Å². The minimum absolute atomic E-state index is 0.183. The molecule has 0 bridgehead atoms. The van der Waals surface area contributed by atoms with E-state index < -0.39 is 18.1 Å². The molecule has 106 valence electrons. The van der Waals surface area contributed by atoms with Crippen LogP contribution in [0.4, 0.5) is 4.79 Å². The maximum absolute atomic E-state index is 11.6. The summed E-state index contributed by atoms with van der Waals surface area (Å²) in [4.78, 5) is 22.3. The Bertz CT molecular complexity index is 652. The number of nitrogens with one attached hydrogen (secondary N) is 2. The van der Waals surface area contributed by atoms with Crippen LogP contribution in [-0.2, 0) is 16.0 Å². The molecule has 1 heterocycles. The Kier molecular flexibility index (Phi) is 3.83. The van der Waals surface area contributed by atoms with E-state index in [9.17, 15) is 9.59 Å². The third-order valence-electron chi connectivity index (χ3n) is 2.92. The smallest absolute Gasteiger partial charge is 0.405 e. The standard InChI is InChI=1S/C12H14N4O4/c1-6-3-7(4-8-10(6)15-16-14-8)5-9(11(17)20-2)13-12(18)19/h3-4,9,13H,5H2,1-2H3,(H,18,19)(H,14,15,16)/t9-/m1/s1. The summed E-state index contributed by atoms with van der Waals surface area (Å²) in [6.07, 6.45) is -1.09. The molecule has 0 unspecified atom stereocenters. The monoisotopic (exact) mass is 278 g/mol. The number of hydrogen-bond acceptors (Lipinski definition) is 5. The minimum atomic E-state index is -1.28. The zero-order valence-corrected chi connectivity index (χ0v) is 11.0. The Labute approximate surface area is 114 Å². The topological polar surface area (TPSA) is 117 Å². The molecule has 3 N–H and O–H groups in total. The first-order chi connectivity index (χ1) is 9.51. The number of esters is 1. The Morgan fingerprint density at radius 2 is 2.25 bits per heavy atom. The number of rotatable bonds is 4. The third kappa shape index (κ3) is 2.85. The van der Waals surface area contributed by atoms with Gasteiger partial charge in [0.15, 0.2) is 0 Å². The van der Waals surface area contributed by atoms with E-state index in [1.54, 1.807) is 6.07 Å². The largest absolute Gasteiger partial charge is 0.467 e. The highest BCUT2D eigenvalue weighted by Gasteiger charge is 2.22. The first-order valence-electron chi connectivity index (χ1n) is 5.89. The molecule has 2 aromatic rings. The molecule has 1 amide bonds. The number of carbonyl (C=O) groups excluding carboxylic acids is 1. The average molecular weight is 278 g/mol. The minimum Gasteiger partial charge on any atom is -0.467 e. The quantitative estimate of drug-likeness (QED) is 0.706. The van der Waals surface area contributed by atoms with Crippen LogP contribution >= 0.6 is 0 Å². The van der Waals surface area contributed by atoms with Crippen molar-refractivity contribution >= 4 is 23.1 Å². The number of fused-ring (bicyclic) bond motifs is 1. The summed E-state index contributed by atoms with van der Waals surface area (Å²) in [5.41, 5.74) is 3.17. The van der Waals surface area contributed by atoms with Crippen LogP contribution in [0.3, 0.4) is 0 Å². The highest BCUT2D eigenvalue weighted by Crippen LogP contribution is 2.17. The molecule has 0 radical (unpaired) electrons. The highest BCUT2D eigenvalue weighted by atomic mass is 16.5. The summed E-state index contributed by atoms with van der Waals surface area (Å²) in [7, 11) is 1.21. The molecule has 20 heavy (non-hydrogen) atoms. The van der Waals surface area contributed by atoms with Gasteiger partial charge in [0.1, 0.15) is 11.6 Å². The summed E-state index contributed by atoms with van der Waals surface area (Å²) in [6.45, 7) is 1.88. The Balaban J connectivity index is 2.27. The van der Waals surface area contributed by atoms with Crippen LogP contribution in [0.1, 0.15) is 11.1 Å². The molecule has 0 fully saturated rings. The lowest BCUT2D eigenvalue weighted by Gasteiger charge is -2.14. The van der Waals surface area contributed by atoms with E-state index in [0.29, 0.717) is 5.52 Å². The molecule has 0 saturated carbocycles. The predicted molar refractivity (Wildman–Crippen MR) is 69.3 cm³/mol. The number of aryl methyl sites for hydroxylation is 1. The van der Waals surface area contributed by atoms with Gasteiger partial charge in [-0.25, -0.2) is 9.59 Å². The van der Waals surface area contributed by atoms with Crippen molar-refractivity contribution in [2.24, 2.45) is 0 Å². The van der Waals surface area contributed by atoms with E-state index in [-0.39, 0.29) is 6.42 Å². The number of H-pyrrole nitrogens is 1. The maximum Gasteiger partial charge on any atom is 0.405 e. The molecule has 8 heteroatoms. The number of nitrogens with zero attached hydrogens (tertiary/aromatic N) is 2. The molecule has 0 aliphatic heterocycles. The normalized spacial score (nSPS) is 12.1. The van der Waals surface area contributed by atoms with Gasteiger partial charge < -0.3 is 15.2 Å². The predicted octanol–water partition coefficient (Wildman–Crippen LogP) is 0.618. The molecular weight excluding hydrogens is 264 g/mol. The van der Waals surface area contributed by atoms with Gasteiger partial charge in [0.2, 0.25) is 0 Å². The van der Waals surface area contributed by atoms with E-state index >= 15 is 0 Å². The second kappa shape index (κ2) is 5.55. The van der Waals surface area contributed by atoms with Gasteiger partial charge in [0.25, 0.3) is 0 Å². The first kappa shape index (κ1) is 13.8. The zero-order chi connectivity index (χ0) is 14.7. The Hall–Kier alpha value is -2.64. The molecule has 8 nitrogen and oxygen atoms in total. The van der Waals surface area contributed by atoms with Crippen LogP contribution in [0, 0.1) is 6.92 Å². The van der Waals surface area contributed by atoms with E-state index in [1.165, 1.54) is 7.11 Å². The summed E-state index contributed by atoms with van der Waals surface area (Å²) >= 11 is 0. The lowest BCUT2D eigenvalue weighted by molar-refractivity contribution is -0.142. The number of carboxylic acid groups (broad SMARTS) is 1. The lowest BCUT2D eigenvalue weighted by atomic mass is 10.0. The van der Waals surface area contributed by atoms with Crippen molar-refractivity contribution in [3.8, 4) is 0 Å². The van der Waals surface area contributed by atoms with E-state index in [0.717, 1.165) is 16.6 Å². The van der Waals surface area contributed by atoms with Gasteiger partial charge in [-0.3, -0.25) is 5.10 Å². The molecule has 2 rings (SSSR count). The number of benzene rings is 1. The fourth-order valence-electron chi connectivity index (χ4n) is 2.03. The van der Waals surface area contributed by atoms with Gasteiger partial charge in [0, 0.05) is 6.42 Å². The van der Waals surface area contributed by atoms with Crippen LogP contribution in [0.2, 0.25) is 0 Å². The molecule has 0 aliphatic rings. The number of ether oxygens (including phenoxy) is 1. The van der Waals surface area contributed by atoms with Gasteiger partial charge in [-0.2, -0.15) is 0 Å². The van der Waals surface area contributed by atoms with Crippen molar-refractivity contribution in [2.45, 2.75) is 19.4 Å². The number of methoxy groups -OCH3 is 1. The first-order valence-corrected chi connectivity index (χ1v) is 5.89. The van der Waals surface area contributed by atoms with Crippen molar-refractivity contribution in [3.05, 3.63) is 23.3 Å². The molecule has 1 aromatic carbocycles. The van der Waals surface area contributed by atoms with E-state index in [4.69, 9.17) is 5.11 Å². The van der Waals surface area contributed by atoms with Crippen LogP contribution in [0.25, 0.3) is 11.0 Å². The second-order valence-electron chi connectivity index (χ2n) is 4.35. The molecular formula is C12H14N4O4. The lowest BCUT2D eigenvalue weighted by Crippen LogP contribution is -2.42. The van der Waals surface area contributed by atoms with E-state index in [2.05, 4.69) is 25.5 Å². The number of aromatic nitrogens is 3. The molecule has 1 atom stereocenters. The van der Waals surface area contributed by atoms with Crippen molar-refractivity contribution < 1.29 is 19.4 Å². The van der Waals surface area contributed by atoms with Gasteiger partial charge in [-0.1, -0.05) is 11.3 Å². The van der Waals surface area contributed by atoms with Gasteiger partial charge in [-0.05, 0) is 24.1 Å². The second-order valence-corrected chi connectivity index (χ2v) is 4.35. The summed E-state index contributed by atoms with van der Waals surface area (Å²) in [5, 5.41) is 21.3. The summed E-state index contributed by atoms with van der Waals surface area (Å²) in [5.74, 6) is -0.634. The number of carbonyl (C=O) groups is 2. The number of aromatic amines is 1. The zero-order valence-electron chi connectivity index (χ0n) is 11.0. The SMILES string of the molecule is COC(=O)[C@@H](Cc1cc(C)c2[nH]nnc2c1)NC(=O)O. The van der Waals surface area contributed by atoms with Crippen molar-refractivity contribution in [1.29, 1.82) is 0 Å². The average Bonchev–Trinajstić information content (AvgIpc) is 2.85. The Morgan fingerprint density at radius 1 is 1.50 bits per heavy atom. The van der Waals surface area contributed by atoms with Crippen LogP contribution in [-0.4, -0.2) is 45.7 Å². The molecule has 1 aromatic heterocycles. The summed E-state index contributed by atoms with van der Waals surface area (Å²) < 4.78 is 4.59. The third-order valence-corrected chi connectivity index (χ3v) is 2.92. The fraction of sp³-hybridized carbons (Fsp3) is 0.333. The molecule has 0 aliphatic carbocycles. The van der Waals surface area contributed by atoms with Crippen LogP contribution in [0.5, 0.6) is 0 Å². The highest BCUT2D eigenvalue weighted by molar-refractivity contribution is 5.82. The van der Waals surface area contributed by atoms with Gasteiger partial charge in [-0.15, -0.1) is 5.10 Å². The Morgan fingerprint density at radius 3 is 2.90 bits per heavy atom. The fourth-order valence-corrected chi connectivity index (χ4v) is 2.03.